The first-order valence-electron chi connectivity index (χ1n) is 8.82. The molecule has 0 atom stereocenters. The second kappa shape index (κ2) is 9.15. The summed E-state index contributed by atoms with van der Waals surface area (Å²) < 4.78 is 13.0. The maximum atomic E-state index is 13.0. The van der Waals surface area contributed by atoms with E-state index >= 15 is 0 Å². The fourth-order valence-electron chi connectivity index (χ4n) is 3.40. The third kappa shape index (κ3) is 5.05. The second-order valence-electron chi connectivity index (χ2n) is 6.92. The molecule has 1 fully saturated rings. The molecule has 0 unspecified atom stereocenters. The zero-order valence-electron chi connectivity index (χ0n) is 15.3. The minimum atomic E-state index is -0.321. The number of halogens is 2. The summed E-state index contributed by atoms with van der Waals surface area (Å²) in [5, 5.41) is 0. The topological polar surface area (TPSA) is 23.6 Å². The number of likely N-dealkylation sites (tertiary alicyclic amines) is 1. The Morgan fingerprint density at radius 3 is 2.46 bits per heavy atom. The molecular formula is C21H26ClFN2O. The number of piperidine rings is 1. The summed E-state index contributed by atoms with van der Waals surface area (Å²) in [5.41, 5.74) is 2.70. The number of carbonyl (C=O) groups excluding carboxylic acids is 1. The zero-order chi connectivity index (χ0) is 17.8. The quantitative estimate of drug-likeness (QED) is 0.730. The van der Waals surface area contributed by atoms with E-state index in [0.717, 1.165) is 37.2 Å². The predicted molar refractivity (Wildman–Crippen MR) is 107 cm³/mol. The first-order valence-corrected chi connectivity index (χ1v) is 8.82. The molecule has 3 rings (SSSR count). The van der Waals surface area contributed by atoms with Crippen LogP contribution in [-0.4, -0.2) is 43.9 Å². The first kappa shape index (κ1) is 20.4. The van der Waals surface area contributed by atoms with Crippen molar-refractivity contribution in [1.82, 2.24) is 4.90 Å². The highest BCUT2D eigenvalue weighted by Gasteiger charge is 2.21. The Hall–Kier alpha value is -1.91. The first-order chi connectivity index (χ1) is 12.0. The van der Waals surface area contributed by atoms with Crippen molar-refractivity contribution in [3.8, 4) is 0 Å². The molecule has 0 bridgehead atoms. The molecule has 3 nitrogen and oxygen atoms in total. The molecule has 0 radical (unpaired) electrons. The standard InChI is InChI=1S/C21H25FN2O.ClH/c1-23-12-10-19(11-13-23)24(2)20-5-3-4-16(14-20)15-21(25)17-6-8-18(22)9-7-17;/h3-9,14,19H,10-13,15H2,1-2H3;1H. The SMILES string of the molecule is CN1CCC(N(C)c2cccc(CC(=O)c3ccc(F)cc3)c2)CC1.Cl. The lowest BCUT2D eigenvalue weighted by Gasteiger charge is -2.36. The summed E-state index contributed by atoms with van der Waals surface area (Å²) in [5.74, 6) is -0.308. The minimum absolute atomic E-state index is 0. The lowest BCUT2D eigenvalue weighted by Crippen LogP contribution is -2.42. The van der Waals surface area contributed by atoms with Gasteiger partial charge < -0.3 is 9.80 Å². The highest BCUT2D eigenvalue weighted by Crippen LogP contribution is 2.23. The molecule has 1 aliphatic heterocycles. The highest BCUT2D eigenvalue weighted by atomic mass is 35.5. The van der Waals surface area contributed by atoms with Crippen molar-refractivity contribution in [3.05, 3.63) is 65.5 Å². The predicted octanol–water partition coefficient (Wildman–Crippen LogP) is 4.20. The monoisotopic (exact) mass is 376 g/mol. The van der Waals surface area contributed by atoms with Crippen LogP contribution in [0.4, 0.5) is 10.1 Å². The molecule has 1 saturated heterocycles. The molecule has 1 heterocycles. The Labute approximate surface area is 161 Å². The fourth-order valence-corrected chi connectivity index (χ4v) is 3.40. The maximum absolute atomic E-state index is 13.0. The molecule has 0 amide bonds. The van der Waals surface area contributed by atoms with Crippen LogP contribution in [0.25, 0.3) is 0 Å². The smallest absolute Gasteiger partial charge is 0.167 e. The number of hydrogen-bond donors (Lipinski definition) is 0. The van der Waals surface area contributed by atoms with Crippen molar-refractivity contribution >= 4 is 23.9 Å². The molecular weight excluding hydrogens is 351 g/mol. The number of benzene rings is 2. The van der Waals surface area contributed by atoms with Gasteiger partial charge in [0.05, 0.1) is 0 Å². The molecule has 0 spiro atoms. The van der Waals surface area contributed by atoms with Gasteiger partial charge in [-0.15, -0.1) is 12.4 Å². The van der Waals surface area contributed by atoms with Crippen LogP contribution >= 0.6 is 12.4 Å². The molecule has 2 aromatic carbocycles. The van der Waals surface area contributed by atoms with Crippen LogP contribution in [0.3, 0.4) is 0 Å². The third-order valence-electron chi connectivity index (χ3n) is 5.08. The Morgan fingerprint density at radius 1 is 1.15 bits per heavy atom. The number of ketones is 1. The van der Waals surface area contributed by atoms with Crippen LogP contribution in [0.15, 0.2) is 48.5 Å². The number of anilines is 1. The number of nitrogens with zero attached hydrogens (tertiary/aromatic N) is 2. The summed E-state index contributed by atoms with van der Waals surface area (Å²) in [7, 11) is 4.30. The van der Waals surface area contributed by atoms with Crippen LogP contribution in [0.1, 0.15) is 28.8 Å². The minimum Gasteiger partial charge on any atom is -0.372 e. The van der Waals surface area contributed by atoms with Crippen LogP contribution in [0.2, 0.25) is 0 Å². The Morgan fingerprint density at radius 2 is 1.81 bits per heavy atom. The van der Waals surface area contributed by atoms with Gasteiger partial charge in [-0.1, -0.05) is 12.1 Å². The average Bonchev–Trinajstić information content (AvgIpc) is 2.62. The van der Waals surface area contributed by atoms with Gasteiger partial charge in [-0.25, -0.2) is 4.39 Å². The normalized spacial score (nSPS) is 15.3. The number of rotatable bonds is 5. The molecule has 0 aliphatic carbocycles. The van der Waals surface area contributed by atoms with Crippen molar-refractivity contribution in [3.63, 3.8) is 0 Å². The zero-order valence-corrected chi connectivity index (χ0v) is 16.1. The summed E-state index contributed by atoms with van der Waals surface area (Å²) >= 11 is 0. The summed E-state index contributed by atoms with van der Waals surface area (Å²) in [6.45, 7) is 2.25. The van der Waals surface area contributed by atoms with Gasteiger partial charge in [-0.05, 0) is 74.9 Å². The Bertz CT molecular complexity index is 727. The van der Waals surface area contributed by atoms with Crippen molar-refractivity contribution in [2.45, 2.75) is 25.3 Å². The van der Waals surface area contributed by atoms with E-state index in [2.05, 4.69) is 36.0 Å². The number of carbonyl (C=O) groups is 1. The highest BCUT2D eigenvalue weighted by molar-refractivity contribution is 5.97. The van der Waals surface area contributed by atoms with Gasteiger partial charge in [-0.2, -0.15) is 0 Å². The van der Waals surface area contributed by atoms with E-state index in [4.69, 9.17) is 0 Å². The van der Waals surface area contributed by atoms with E-state index in [1.54, 1.807) is 12.1 Å². The Balaban J connectivity index is 0.00000243. The van der Waals surface area contributed by atoms with E-state index < -0.39 is 0 Å². The van der Waals surface area contributed by atoms with Crippen molar-refractivity contribution in [2.75, 3.05) is 32.1 Å². The van der Waals surface area contributed by atoms with Crippen molar-refractivity contribution in [2.24, 2.45) is 0 Å². The summed E-state index contributed by atoms with van der Waals surface area (Å²) in [6.07, 6.45) is 2.65. The molecule has 0 saturated carbocycles. The average molecular weight is 377 g/mol. The van der Waals surface area contributed by atoms with Gasteiger partial charge in [0.25, 0.3) is 0 Å². The summed E-state index contributed by atoms with van der Waals surface area (Å²) in [6, 6.07) is 14.5. The Kier molecular flexibility index (Phi) is 7.18. The molecule has 5 heteroatoms. The number of hydrogen-bond acceptors (Lipinski definition) is 3. The molecule has 0 N–H and O–H groups in total. The van der Waals surface area contributed by atoms with Gasteiger partial charge in [-0.3, -0.25) is 4.79 Å². The van der Waals surface area contributed by atoms with Crippen LogP contribution in [0, 0.1) is 5.82 Å². The second-order valence-corrected chi connectivity index (χ2v) is 6.92. The summed E-state index contributed by atoms with van der Waals surface area (Å²) in [4.78, 5) is 17.1. The van der Waals surface area contributed by atoms with Crippen molar-refractivity contribution < 1.29 is 9.18 Å². The van der Waals surface area contributed by atoms with E-state index in [0.29, 0.717) is 18.0 Å². The van der Waals surface area contributed by atoms with E-state index in [-0.39, 0.29) is 24.0 Å². The fraction of sp³-hybridized carbons (Fsp3) is 0.381. The maximum Gasteiger partial charge on any atom is 0.167 e. The number of Topliss-reactive ketones (excluding diaryl/α,β-unsaturated/α-hetero) is 1. The lowest BCUT2D eigenvalue weighted by molar-refractivity contribution is 0.0993. The van der Waals surface area contributed by atoms with E-state index in [1.165, 1.54) is 12.1 Å². The van der Waals surface area contributed by atoms with Crippen molar-refractivity contribution in [1.29, 1.82) is 0 Å². The third-order valence-corrected chi connectivity index (χ3v) is 5.08. The lowest BCUT2D eigenvalue weighted by atomic mass is 10.0. The van der Waals surface area contributed by atoms with Gasteiger partial charge >= 0.3 is 0 Å². The van der Waals surface area contributed by atoms with Crippen LogP contribution in [0.5, 0.6) is 0 Å². The van der Waals surface area contributed by atoms with Gasteiger partial charge in [0.15, 0.2) is 5.78 Å². The van der Waals surface area contributed by atoms with Gasteiger partial charge in [0.2, 0.25) is 0 Å². The van der Waals surface area contributed by atoms with Crippen LogP contribution < -0.4 is 4.90 Å². The van der Waals surface area contributed by atoms with Gasteiger partial charge in [0, 0.05) is 30.8 Å². The van der Waals surface area contributed by atoms with Crippen LogP contribution in [-0.2, 0) is 6.42 Å². The molecule has 0 aromatic heterocycles. The van der Waals surface area contributed by atoms with E-state index in [1.807, 2.05) is 12.1 Å². The van der Waals surface area contributed by atoms with E-state index in [9.17, 15) is 9.18 Å². The molecule has 140 valence electrons. The molecule has 1 aliphatic rings. The molecule has 26 heavy (non-hydrogen) atoms. The largest absolute Gasteiger partial charge is 0.372 e. The molecule has 2 aromatic rings. The van der Waals surface area contributed by atoms with Gasteiger partial charge in [0.1, 0.15) is 5.82 Å².